The van der Waals surface area contributed by atoms with E-state index >= 15 is 0 Å². The number of aromatic nitrogens is 3. The molecule has 0 radical (unpaired) electrons. The summed E-state index contributed by atoms with van der Waals surface area (Å²) in [6.45, 7) is 0.192. The van der Waals surface area contributed by atoms with E-state index in [0.29, 0.717) is 0 Å². The van der Waals surface area contributed by atoms with Gasteiger partial charge in [-0.3, -0.25) is 4.57 Å². The average molecular weight is 311 g/mol. The van der Waals surface area contributed by atoms with Crippen LogP contribution in [-0.4, -0.2) is 32.2 Å². The van der Waals surface area contributed by atoms with Crippen molar-refractivity contribution >= 4 is 11.8 Å². The van der Waals surface area contributed by atoms with Crippen LogP contribution in [-0.2, 0) is 0 Å². The van der Waals surface area contributed by atoms with Gasteiger partial charge >= 0.3 is 0 Å². The molecular formula is C17H17N3OS. The second kappa shape index (κ2) is 7.24. The average Bonchev–Trinajstić information content (AvgIpc) is 3.01. The number of benzene rings is 2. The summed E-state index contributed by atoms with van der Waals surface area (Å²) in [4.78, 5) is 0. The molecule has 1 heterocycles. The molecule has 0 amide bonds. The highest BCUT2D eigenvalue weighted by atomic mass is 32.2. The monoisotopic (exact) mass is 311 g/mol. The molecule has 0 saturated heterocycles. The Bertz CT molecular complexity index is 713. The fraction of sp³-hybridized carbons (Fsp3) is 0.176. The van der Waals surface area contributed by atoms with E-state index in [4.69, 9.17) is 5.11 Å². The van der Waals surface area contributed by atoms with Crippen LogP contribution in [0.3, 0.4) is 0 Å². The van der Waals surface area contributed by atoms with Crippen molar-refractivity contribution in [1.82, 2.24) is 14.8 Å². The lowest BCUT2D eigenvalue weighted by atomic mass is 10.2. The molecule has 0 atom stereocenters. The smallest absolute Gasteiger partial charge is 0.196 e. The van der Waals surface area contributed by atoms with Crippen molar-refractivity contribution in [2.75, 3.05) is 12.4 Å². The van der Waals surface area contributed by atoms with Gasteiger partial charge in [0.05, 0.1) is 0 Å². The molecule has 0 unspecified atom stereocenters. The normalized spacial score (nSPS) is 10.8. The number of para-hydroxylation sites is 1. The Labute approximate surface area is 133 Å². The zero-order chi connectivity index (χ0) is 15.2. The van der Waals surface area contributed by atoms with Gasteiger partial charge in [-0.05, 0) is 18.6 Å². The van der Waals surface area contributed by atoms with Crippen molar-refractivity contribution < 1.29 is 5.11 Å². The summed E-state index contributed by atoms with van der Waals surface area (Å²) in [6, 6.07) is 20.2. The molecule has 1 aromatic heterocycles. The van der Waals surface area contributed by atoms with E-state index < -0.39 is 0 Å². The minimum atomic E-state index is 0.192. The van der Waals surface area contributed by atoms with Gasteiger partial charge in [-0.1, -0.05) is 60.3 Å². The van der Waals surface area contributed by atoms with Crippen LogP contribution >= 0.6 is 11.8 Å². The van der Waals surface area contributed by atoms with Gasteiger partial charge in [0.2, 0.25) is 0 Å². The van der Waals surface area contributed by atoms with E-state index in [1.165, 1.54) is 0 Å². The van der Waals surface area contributed by atoms with E-state index in [1.807, 2.05) is 60.7 Å². The highest BCUT2D eigenvalue weighted by Crippen LogP contribution is 2.27. The van der Waals surface area contributed by atoms with Gasteiger partial charge in [0.25, 0.3) is 0 Å². The molecule has 0 spiro atoms. The highest BCUT2D eigenvalue weighted by Gasteiger charge is 2.15. The van der Waals surface area contributed by atoms with Gasteiger partial charge in [0.1, 0.15) is 0 Å². The Kier molecular flexibility index (Phi) is 4.88. The molecule has 1 N–H and O–H groups in total. The Hall–Kier alpha value is -2.11. The first kappa shape index (κ1) is 14.8. The van der Waals surface area contributed by atoms with Crippen LogP contribution in [0.25, 0.3) is 17.1 Å². The first-order valence-electron chi connectivity index (χ1n) is 7.20. The molecule has 22 heavy (non-hydrogen) atoms. The number of rotatable bonds is 6. The summed E-state index contributed by atoms with van der Waals surface area (Å²) < 4.78 is 2.07. The first-order valence-corrected chi connectivity index (χ1v) is 8.18. The van der Waals surface area contributed by atoms with Crippen LogP contribution in [0.2, 0.25) is 0 Å². The molecule has 0 aliphatic rings. The van der Waals surface area contributed by atoms with Crippen molar-refractivity contribution in [3.05, 3.63) is 60.7 Å². The quantitative estimate of drug-likeness (QED) is 0.560. The highest BCUT2D eigenvalue weighted by molar-refractivity contribution is 7.99. The lowest BCUT2D eigenvalue weighted by Gasteiger charge is -2.10. The third kappa shape index (κ3) is 3.21. The van der Waals surface area contributed by atoms with Crippen LogP contribution in [0.4, 0.5) is 0 Å². The third-order valence-corrected chi connectivity index (χ3v) is 4.23. The Morgan fingerprint density at radius 2 is 1.59 bits per heavy atom. The van der Waals surface area contributed by atoms with E-state index in [-0.39, 0.29) is 6.61 Å². The van der Waals surface area contributed by atoms with E-state index in [2.05, 4.69) is 14.8 Å². The molecule has 2 aromatic carbocycles. The minimum Gasteiger partial charge on any atom is -0.396 e. The van der Waals surface area contributed by atoms with Crippen molar-refractivity contribution in [2.45, 2.75) is 11.6 Å². The molecular weight excluding hydrogens is 294 g/mol. The Balaban J connectivity index is 2.04. The zero-order valence-electron chi connectivity index (χ0n) is 12.1. The van der Waals surface area contributed by atoms with Gasteiger partial charge in [-0.25, -0.2) is 0 Å². The van der Waals surface area contributed by atoms with E-state index in [9.17, 15) is 0 Å². The Morgan fingerprint density at radius 3 is 2.27 bits per heavy atom. The SMILES string of the molecule is OCCCSc1nnc(-c2ccccc2)n1-c1ccccc1. The van der Waals surface area contributed by atoms with Gasteiger partial charge < -0.3 is 5.11 Å². The van der Waals surface area contributed by atoms with Gasteiger partial charge in [-0.15, -0.1) is 10.2 Å². The van der Waals surface area contributed by atoms with E-state index in [1.54, 1.807) is 11.8 Å². The summed E-state index contributed by atoms with van der Waals surface area (Å²) in [5.74, 6) is 1.65. The van der Waals surface area contributed by atoms with Gasteiger partial charge in [-0.2, -0.15) is 0 Å². The predicted octanol–water partition coefficient (Wildman–Crippen LogP) is 3.41. The molecule has 3 rings (SSSR count). The molecule has 0 fully saturated rings. The molecule has 5 heteroatoms. The fourth-order valence-corrected chi connectivity index (χ4v) is 3.05. The van der Waals surface area contributed by atoms with Crippen LogP contribution in [0.15, 0.2) is 65.8 Å². The topological polar surface area (TPSA) is 50.9 Å². The fourth-order valence-electron chi connectivity index (χ4n) is 2.18. The Morgan fingerprint density at radius 1 is 0.909 bits per heavy atom. The second-order valence-electron chi connectivity index (χ2n) is 4.77. The van der Waals surface area contributed by atoms with Gasteiger partial charge in [0.15, 0.2) is 11.0 Å². The minimum absolute atomic E-state index is 0.192. The number of nitrogens with zero attached hydrogens (tertiary/aromatic N) is 3. The lowest BCUT2D eigenvalue weighted by Crippen LogP contribution is -2.00. The standard InChI is InChI=1S/C17H17N3OS/c21-12-7-13-22-17-19-18-16(14-8-3-1-4-9-14)20(17)15-10-5-2-6-11-15/h1-6,8-11,21H,7,12-13H2. The maximum Gasteiger partial charge on any atom is 0.196 e. The first-order chi connectivity index (χ1) is 10.9. The molecule has 0 saturated carbocycles. The van der Waals surface area contributed by atoms with Gasteiger partial charge in [0, 0.05) is 23.6 Å². The number of aliphatic hydroxyl groups is 1. The maximum atomic E-state index is 8.96. The summed E-state index contributed by atoms with van der Waals surface area (Å²) in [5.41, 5.74) is 2.07. The predicted molar refractivity (Wildman–Crippen MR) is 89.2 cm³/mol. The molecule has 0 aliphatic heterocycles. The van der Waals surface area contributed by atoms with E-state index in [0.717, 1.165) is 34.4 Å². The summed E-state index contributed by atoms with van der Waals surface area (Å²) >= 11 is 1.61. The maximum absolute atomic E-state index is 8.96. The molecule has 0 bridgehead atoms. The molecule has 3 aromatic rings. The van der Waals surface area contributed by atoms with Crippen molar-refractivity contribution in [2.24, 2.45) is 0 Å². The number of aliphatic hydroxyl groups excluding tert-OH is 1. The molecule has 112 valence electrons. The zero-order valence-corrected chi connectivity index (χ0v) is 12.9. The summed E-state index contributed by atoms with van der Waals surface area (Å²) in [5, 5.41) is 18.5. The number of thioether (sulfide) groups is 1. The molecule has 0 aliphatic carbocycles. The largest absolute Gasteiger partial charge is 0.396 e. The van der Waals surface area contributed by atoms with Crippen LogP contribution in [0.1, 0.15) is 6.42 Å². The van der Waals surface area contributed by atoms with Crippen LogP contribution in [0, 0.1) is 0 Å². The van der Waals surface area contributed by atoms with Crippen molar-refractivity contribution in [3.8, 4) is 17.1 Å². The third-order valence-electron chi connectivity index (χ3n) is 3.21. The number of hydrogen-bond acceptors (Lipinski definition) is 4. The van der Waals surface area contributed by atoms with Crippen molar-refractivity contribution in [3.63, 3.8) is 0 Å². The lowest BCUT2D eigenvalue weighted by molar-refractivity contribution is 0.296. The summed E-state index contributed by atoms with van der Waals surface area (Å²) in [6.07, 6.45) is 0.743. The summed E-state index contributed by atoms with van der Waals surface area (Å²) in [7, 11) is 0. The second-order valence-corrected chi connectivity index (χ2v) is 5.83. The van der Waals surface area contributed by atoms with Crippen molar-refractivity contribution in [1.29, 1.82) is 0 Å². The molecule has 4 nitrogen and oxygen atoms in total. The van der Waals surface area contributed by atoms with Crippen LogP contribution < -0.4 is 0 Å². The van der Waals surface area contributed by atoms with Crippen LogP contribution in [0.5, 0.6) is 0 Å². The number of hydrogen-bond donors (Lipinski definition) is 1.